The molecule has 4 rings (SSSR count). The van der Waals surface area contributed by atoms with Gasteiger partial charge in [-0.25, -0.2) is 0 Å². The van der Waals surface area contributed by atoms with E-state index in [0.29, 0.717) is 29.9 Å². The molecule has 0 saturated heterocycles. The number of allylic oxidation sites excluding steroid dienone is 1. The predicted molar refractivity (Wildman–Crippen MR) is 115 cm³/mol. The molecular formula is C14H14S6Se2. The summed E-state index contributed by atoms with van der Waals surface area (Å²) in [5, 5.41) is 0. The van der Waals surface area contributed by atoms with Crippen molar-refractivity contribution in [2.75, 3.05) is 11.5 Å². The molecule has 4 aliphatic rings. The van der Waals surface area contributed by atoms with Crippen LogP contribution in [0.2, 0.25) is 0 Å². The summed E-state index contributed by atoms with van der Waals surface area (Å²) in [4.78, 5) is 0. The minimum absolute atomic E-state index is 0.647. The molecule has 0 amide bonds. The molecule has 0 nitrogen and oxygen atoms in total. The Hall–Kier alpha value is 2.10. The maximum atomic E-state index is 2.29. The Morgan fingerprint density at radius 3 is 1.86 bits per heavy atom. The Balaban J connectivity index is 1.47. The summed E-state index contributed by atoms with van der Waals surface area (Å²) >= 11 is 13.8. The van der Waals surface area contributed by atoms with Crippen molar-refractivity contribution in [3.05, 3.63) is 33.5 Å². The van der Waals surface area contributed by atoms with Crippen LogP contribution in [-0.2, 0) is 0 Å². The van der Waals surface area contributed by atoms with E-state index in [0.717, 1.165) is 0 Å². The molecule has 0 aromatic heterocycles. The molecule has 0 aromatic rings. The van der Waals surface area contributed by atoms with Gasteiger partial charge >= 0.3 is 172 Å². The van der Waals surface area contributed by atoms with E-state index in [4.69, 9.17) is 0 Å². The summed E-state index contributed by atoms with van der Waals surface area (Å²) in [6.07, 6.45) is 2.40. The quantitative estimate of drug-likeness (QED) is 0.383. The molecule has 0 aliphatic carbocycles. The molecule has 0 N–H and O–H groups in total. The van der Waals surface area contributed by atoms with Gasteiger partial charge in [0.15, 0.2) is 0 Å². The van der Waals surface area contributed by atoms with Crippen LogP contribution in [0.25, 0.3) is 0 Å². The second kappa shape index (κ2) is 7.77. The summed E-state index contributed by atoms with van der Waals surface area (Å²) < 4.78 is 11.7. The van der Waals surface area contributed by atoms with Gasteiger partial charge in [-0.05, 0) is 0 Å². The molecular weight excluding hydrogens is 518 g/mol. The number of hydrogen-bond donors (Lipinski definition) is 0. The Bertz CT molecular complexity index is 598. The molecule has 4 aliphatic heterocycles. The maximum absolute atomic E-state index is 2.29. The molecule has 0 radical (unpaired) electrons. The van der Waals surface area contributed by atoms with Crippen molar-refractivity contribution in [3.8, 4) is 0 Å². The van der Waals surface area contributed by atoms with Gasteiger partial charge in [0.05, 0.1) is 0 Å². The summed E-state index contributed by atoms with van der Waals surface area (Å²) in [6.45, 7) is 4.58. The van der Waals surface area contributed by atoms with Crippen molar-refractivity contribution < 1.29 is 0 Å². The third kappa shape index (κ3) is 3.49. The monoisotopic (exact) mass is 534 g/mol. The van der Waals surface area contributed by atoms with Crippen molar-refractivity contribution in [3.63, 3.8) is 0 Å². The van der Waals surface area contributed by atoms with Gasteiger partial charge in [-0.2, -0.15) is 0 Å². The van der Waals surface area contributed by atoms with Gasteiger partial charge in [0, 0.05) is 0 Å². The molecule has 0 unspecified atom stereocenters. The molecule has 0 atom stereocenters. The molecule has 4 heterocycles. The normalized spacial score (nSPS) is 24.5. The van der Waals surface area contributed by atoms with E-state index in [1.165, 1.54) is 24.3 Å². The Kier molecular flexibility index (Phi) is 6.19. The molecule has 0 spiro atoms. The molecule has 118 valence electrons. The predicted octanol–water partition coefficient (Wildman–Crippen LogP) is 6.26. The summed E-state index contributed by atoms with van der Waals surface area (Å²) in [6, 6.07) is 0. The van der Waals surface area contributed by atoms with E-state index >= 15 is 0 Å². The minimum atomic E-state index is 0.647. The molecule has 0 fully saturated rings. The molecule has 22 heavy (non-hydrogen) atoms. The Morgan fingerprint density at radius 2 is 1.36 bits per heavy atom. The molecule has 0 bridgehead atoms. The van der Waals surface area contributed by atoms with Crippen molar-refractivity contribution >= 4 is 100 Å². The van der Waals surface area contributed by atoms with Crippen LogP contribution in [-0.4, -0.2) is 41.4 Å². The molecule has 8 heteroatoms. The fourth-order valence-electron chi connectivity index (χ4n) is 2.15. The standard InChI is InChI=1S/C14H14S6Se2/c1-3-7(4-2)8-17-9-10(18-8)20-11(19-9)14-21-12-13(22-14)16-6-5-15-12/h3-6H2,1-2H3. The summed E-state index contributed by atoms with van der Waals surface area (Å²) in [5.74, 6) is 2.66. The SMILES string of the molecule is CCC(CC)=C1SC2=C(S1)SC(=C1[Se]C3=C(SCCS3)[Se]1)S2. The van der Waals surface area contributed by atoms with Crippen LogP contribution in [0.3, 0.4) is 0 Å². The van der Waals surface area contributed by atoms with Crippen LogP contribution in [0.4, 0.5) is 0 Å². The first-order valence-corrected chi connectivity index (χ1v) is 15.7. The van der Waals surface area contributed by atoms with E-state index < -0.39 is 0 Å². The van der Waals surface area contributed by atoms with Gasteiger partial charge in [-0.3, -0.25) is 0 Å². The first kappa shape index (κ1) is 17.5. The average molecular weight is 533 g/mol. The van der Waals surface area contributed by atoms with E-state index in [1.807, 2.05) is 26.9 Å². The second-order valence-corrected chi connectivity index (χ2v) is 18.7. The Morgan fingerprint density at radius 1 is 0.818 bits per heavy atom. The zero-order valence-electron chi connectivity index (χ0n) is 12.1. The van der Waals surface area contributed by atoms with Gasteiger partial charge in [0.25, 0.3) is 0 Å². The van der Waals surface area contributed by atoms with Gasteiger partial charge in [-0.1, -0.05) is 0 Å². The number of rotatable bonds is 2. The van der Waals surface area contributed by atoms with Crippen LogP contribution in [0.1, 0.15) is 26.7 Å². The van der Waals surface area contributed by atoms with E-state index in [-0.39, 0.29) is 0 Å². The van der Waals surface area contributed by atoms with Crippen LogP contribution in [0, 0.1) is 0 Å². The molecule has 0 saturated carbocycles. The molecule has 0 aromatic carbocycles. The topological polar surface area (TPSA) is 0 Å². The number of thioether (sulfide) groups is 6. The van der Waals surface area contributed by atoms with Gasteiger partial charge in [-0.15, -0.1) is 0 Å². The van der Waals surface area contributed by atoms with Crippen LogP contribution < -0.4 is 0 Å². The Labute approximate surface area is 170 Å². The van der Waals surface area contributed by atoms with E-state index in [1.54, 1.807) is 30.1 Å². The number of hydrogen-bond acceptors (Lipinski definition) is 6. The third-order valence-corrected chi connectivity index (χ3v) is 21.1. The van der Waals surface area contributed by atoms with Crippen molar-refractivity contribution in [1.29, 1.82) is 0 Å². The fourth-order valence-corrected chi connectivity index (χ4v) is 21.9. The zero-order chi connectivity index (χ0) is 15.1. The van der Waals surface area contributed by atoms with E-state index in [2.05, 4.69) is 60.9 Å². The van der Waals surface area contributed by atoms with Crippen molar-refractivity contribution in [2.24, 2.45) is 0 Å². The van der Waals surface area contributed by atoms with Crippen molar-refractivity contribution in [2.45, 2.75) is 26.7 Å². The summed E-state index contributed by atoms with van der Waals surface area (Å²) in [5.41, 5.74) is 1.64. The van der Waals surface area contributed by atoms with E-state index in [9.17, 15) is 0 Å². The first-order chi connectivity index (χ1) is 10.8. The van der Waals surface area contributed by atoms with Crippen molar-refractivity contribution in [1.82, 2.24) is 0 Å². The van der Waals surface area contributed by atoms with Gasteiger partial charge in [0.1, 0.15) is 0 Å². The fraction of sp³-hybridized carbons (Fsp3) is 0.429. The zero-order valence-corrected chi connectivity index (χ0v) is 20.4. The second-order valence-electron chi connectivity index (χ2n) is 4.63. The van der Waals surface area contributed by atoms with Crippen LogP contribution in [0.5, 0.6) is 0 Å². The van der Waals surface area contributed by atoms with Gasteiger partial charge < -0.3 is 0 Å². The van der Waals surface area contributed by atoms with Gasteiger partial charge in [0.2, 0.25) is 0 Å². The average Bonchev–Trinajstić information content (AvgIpc) is 3.19. The van der Waals surface area contributed by atoms with Crippen LogP contribution in [0.15, 0.2) is 33.5 Å². The van der Waals surface area contributed by atoms with Crippen LogP contribution >= 0.6 is 70.6 Å². The first-order valence-electron chi connectivity index (χ1n) is 7.06. The summed E-state index contributed by atoms with van der Waals surface area (Å²) in [7, 11) is 0. The third-order valence-electron chi connectivity index (χ3n) is 3.30.